The molecule has 2 aromatic rings. The van der Waals surface area contributed by atoms with Crippen molar-refractivity contribution in [2.45, 2.75) is 10.6 Å². The maximum absolute atomic E-state index is 13.5. The lowest BCUT2D eigenvalue weighted by Gasteiger charge is -2.05. The first-order chi connectivity index (χ1) is 8.56. The van der Waals surface area contributed by atoms with Crippen LogP contribution in [0.4, 0.5) is 10.1 Å². The van der Waals surface area contributed by atoms with E-state index in [2.05, 4.69) is 15.9 Å². The van der Waals surface area contributed by atoms with Gasteiger partial charge in [0, 0.05) is 10.2 Å². The van der Waals surface area contributed by atoms with E-state index in [1.165, 1.54) is 12.1 Å². The Morgan fingerprint density at radius 3 is 2.61 bits per heavy atom. The van der Waals surface area contributed by atoms with Crippen molar-refractivity contribution in [1.29, 1.82) is 0 Å². The molecule has 5 heteroatoms. The molecule has 0 saturated carbocycles. The third-order valence-corrected chi connectivity index (χ3v) is 4.23. The number of hydrogen-bond donors (Lipinski definition) is 1. The maximum Gasteiger partial charge on any atom is 0.139 e. The van der Waals surface area contributed by atoms with Gasteiger partial charge in [0.25, 0.3) is 0 Å². The lowest BCUT2D eigenvalue weighted by molar-refractivity contribution is 0.595. The topological polar surface area (TPSA) is 43.1 Å². The average molecular weight is 328 g/mol. The molecule has 0 amide bonds. The van der Waals surface area contributed by atoms with Crippen molar-refractivity contribution < 1.29 is 8.60 Å². The van der Waals surface area contributed by atoms with Crippen LogP contribution in [0.15, 0.2) is 51.8 Å². The van der Waals surface area contributed by atoms with E-state index in [0.29, 0.717) is 5.69 Å². The van der Waals surface area contributed by atoms with E-state index >= 15 is 0 Å². The molecule has 2 aromatic carbocycles. The Bertz CT molecular complexity index is 583. The summed E-state index contributed by atoms with van der Waals surface area (Å²) in [5.41, 5.74) is 7.10. The first-order valence-electron chi connectivity index (χ1n) is 5.24. The van der Waals surface area contributed by atoms with Gasteiger partial charge < -0.3 is 5.73 Å². The Morgan fingerprint density at radius 1 is 1.22 bits per heavy atom. The molecule has 0 fully saturated rings. The number of halogens is 2. The van der Waals surface area contributed by atoms with E-state index in [0.717, 1.165) is 10.0 Å². The Hall–Kier alpha value is -1.20. The van der Waals surface area contributed by atoms with Gasteiger partial charge in [-0.1, -0.05) is 28.1 Å². The van der Waals surface area contributed by atoms with Gasteiger partial charge in [-0.05, 0) is 35.9 Å². The Kier molecular flexibility index (Phi) is 4.14. The SMILES string of the molecule is Nc1cc(Br)cc(CS(=O)c2ccccc2F)c1. The summed E-state index contributed by atoms with van der Waals surface area (Å²) in [6.07, 6.45) is 0. The van der Waals surface area contributed by atoms with Crippen LogP contribution in [0.3, 0.4) is 0 Å². The predicted molar refractivity (Wildman–Crippen MR) is 75.1 cm³/mol. The van der Waals surface area contributed by atoms with E-state index < -0.39 is 16.6 Å². The molecule has 0 spiro atoms. The smallest absolute Gasteiger partial charge is 0.139 e. The third-order valence-electron chi connectivity index (χ3n) is 2.36. The van der Waals surface area contributed by atoms with Crippen LogP contribution in [-0.4, -0.2) is 4.21 Å². The second kappa shape index (κ2) is 5.63. The van der Waals surface area contributed by atoms with Gasteiger partial charge in [-0.2, -0.15) is 0 Å². The quantitative estimate of drug-likeness (QED) is 0.877. The zero-order valence-electron chi connectivity index (χ0n) is 9.40. The van der Waals surface area contributed by atoms with Crippen molar-refractivity contribution in [2.75, 3.05) is 5.73 Å². The zero-order chi connectivity index (χ0) is 13.1. The van der Waals surface area contributed by atoms with Gasteiger partial charge >= 0.3 is 0 Å². The van der Waals surface area contributed by atoms with Crippen molar-refractivity contribution in [3.8, 4) is 0 Å². The minimum Gasteiger partial charge on any atom is -0.399 e. The van der Waals surface area contributed by atoms with Crippen LogP contribution in [0.2, 0.25) is 0 Å². The summed E-state index contributed by atoms with van der Waals surface area (Å²) in [5, 5.41) is 0. The molecule has 2 nitrogen and oxygen atoms in total. The van der Waals surface area contributed by atoms with Gasteiger partial charge in [0.1, 0.15) is 5.82 Å². The zero-order valence-corrected chi connectivity index (χ0v) is 11.8. The van der Waals surface area contributed by atoms with Gasteiger partial charge in [0.2, 0.25) is 0 Å². The van der Waals surface area contributed by atoms with Crippen LogP contribution in [0.25, 0.3) is 0 Å². The third kappa shape index (κ3) is 3.17. The largest absolute Gasteiger partial charge is 0.399 e. The van der Waals surface area contributed by atoms with E-state index in [1.807, 2.05) is 6.07 Å². The molecule has 0 heterocycles. The lowest BCUT2D eigenvalue weighted by Crippen LogP contribution is -2.00. The molecule has 2 rings (SSSR count). The molecule has 0 aliphatic carbocycles. The van der Waals surface area contributed by atoms with E-state index in [4.69, 9.17) is 5.73 Å². The normalized spacial score (nSPS) is 12.3. The molecule has 1 unspecified atom stereocenters. The molecular formula is C13H11BrFNOS. The van der Waals surface area contributed by atoms with E-state index in [9.17, 15) is 8.60 Å². The number of rotatable bonds is 3. The number of nitrogens with two attached hydrogens (primary N) is 1. The van der Waals surface area contributed by atoms with Gasteiger partial charge in [0.15, 0.2) is 0 Å². The Balaban J connectivity index is 2.24. The molecule has 0 aliphatic rings. The number of anilines is 1. The summed E-state index contributed by atoms with van der Waals surface area (Å²) >= 11 is 3.32. The molecule has 0 bridgehead atoms. The molecular weight excluding hydrogens is 317 g/mol. The molecule has 1 atom stereocenters. The highest BCUT2D eigenvalue weighted by Gasteiger charge is 2.10. The van der Waals surface area contributed by atoms with E-state index in [-0.39, 0.29) is 10.6 Å². The summed E-state index contributed by atoms with van der Waals surface area (Å²) in [4.78, 5) is 0.219. The Morgan fingerprint density at radius 2 is 1.94 bits per heavy atom. The van der Waals surface area contributed by atoms with Crippen LogP contribution >= 0.6 is 15.9 Å². The van der Waals surface area contributed by atoms with E-state index in [1.54, 1.807) is 24.3 Å². The summed E-state index contributed by atoms with van der Waals surface area (Å²) in [5.74, 6) is -0.205. The molecule has 94 valence electrons. The van der Waals surface area contributed by atoms with Gasteiger partial charge in [-0.15, -0.1) is 0 Å². The van der Waals surface area contributed by atoms with Crippen LogP contribution in [0.1, 0.15) is 5.56 Å². The molecule has 0 aromatic heterocycles. The van der Waals surface area contributed by atoms with Crippen LogP contribution in [0, 0.1) is 5.82 Å². The van der Waals surface area contributed by atoms with Crippen molar-refractivity contribution in [3.63, 3.8) is 0 Å². The van der Waals surface area contributed by atoms with Crippen LogP contribution in [-0.2, 0) is 16.6 Å². The fourth-order valence-corrected chi connectivity index (χ4v) is 3.32. The van der Waals surface area contributed by atoms with Crippen molar-refractivity contribution in [1.82, 2.24) is 0 Å². The highest BCUT2D eigenvalue weighted by atomic mass is 79.9. The first-order valence-corrected chi connectivity index (χ1v) is 7.35. The highest BCUT2D eigenvalue weighted by Crippen LogP contribution is 2.21. The Labute approximate surface area is 116 Å². The minimum atomic E-state index is -1.41. The molecule has 0 saturated heterocycles. The summed E-state index contributed by atoms with van der Waals surface area (Å²) in [6, 6.07) is 11.4. The summed E-state index contributed by atoms with van der Waals surface area (Å²) < 4.78 is 26.4. The lowest BCUT2D eigenvalue weighted by atomic mass is 10.2. The molecule has 2 N–H and O–H groups in total. The first kappa shape index (κ1) is 13.2. The van der Waals surface area contributed by atoms with Crippen molar-refractivity contribution in [3.05, 3.63) is 58.3 Å². The maximum atomic E-state index is 13.5. The minimum absolute atomic E-state index is 0.219. The number of benzene rings is 2. The average Bonchev–Trinajstić information content (AvgIpc) is 2.27. The van der Waals surface area contributed by atoms with Gasteiger partial charge in [-0.25, -0.2) is 4.39 Å². The molecule has 18 heavy (non-hydrogen) atoms. The fraction of sp³-hybridized carbons (Fsp3) is 0.0769. The van der Waals surface area contributed by atoms with Crippen LogP contribution in [0.5, 0.6) is 0 Å². The van der Waals surface area contributed by atoms with Crippen molar-refractivity contribution in [2.24, 2.45) is 0 Å². The van der Waals surface area contributed by atoms with Gasteiger partial charge in [0.05, 0.1) is 21.4 Å². The summed E-state index contributed by atoms with van der Waals surface area (Å²) in [6.45, 7) is 0. The number of nitrogen functional groups attached to an aromatic ring is 1. The van der Waals surface area contributed by atoms with Crippen LogP contribution < -0.4 is 5.73 Å². The standard InChI is InChI=1S/C13H11BrFNOS/c14-10-5-9(6-11(16)7-10)8-18(17)13-4-2-1-3-12(13)15/h1-7H,8,16H2. The summed E-state index contributed by atoms with van der Waals surface area (Å²) in [7, 11) is -1.41. The second-order valence-electron chi connectivity index (χ2n) is 3.81. The molecule has 0 aliphatic heterocycles. The fourth-order valence-electron chi connectivity index (χ4n) is 1.62. The highest BCUT2D eigenvalue weighted by molar-refractivity contribution is 9.10. The second-order valence-corrected chi connectivity index (χ2v) is 6.15. The monoisotopic (exact) mass is 327 g/mol. The predicted octanol–water partition coefficient (Wildman–Crippen LogP) is 3.48. The van der Waals surface area contributed by atoms with Gasteiger partial charge in [-0.3, -0.25) is 4.21 Å². The van der Waals surface area contributed by atoms with Crippen molar-refractivity contribution >= 4 is 32.4 Å². The number of hydrogen-bond acceptors (Lipinski definition) is 2. The molecule has 0 radical (unpaired) electrons.